The number of nitrogens with zero attached hydrogens (tertiary/aromatic N) is 3. The van der Waals surface area contributed by atoms with Crippen LogP contribution in [0, 0.1) is 0 Å². The van der Waals surface area contributed by atoms with Crippen molar-refractivity contribution in [2.75, 3.05) is 11.8 Å². The number of ether oxygens (including phenoxy) is 1. The molecular weight excluding hydrogens is 327 g/mol. The molecule has 10 heteroatoms. The summed E-state index contributed by atoms with van der Waals surface area (Å²) in [4.78, 5) is 11.1. The van der Waals surface area contributed by atoms with Crippen LogP contribution in [-0.4, -0.2) is 30.5 Å². The minimum absolute atomic E-state index is 0.0292. The van der Waals surface area contributed by atoms with Crippen molar-refractivity contribution in [3.8, 4) is 5.88 Å². The molecule has 0 aliphatic heterocycles. The van der Waals surface area contributed by atoms with Crippen molar-refractivity contribution in [2.24, 2.45) is 0 Å². The number of nitrogens with one attached hydrogen (secondary N) is 1. The van der Waals surface area contributed by atoms with Gasteiger partial charge in [-0.05, 0) is 6.07 Å². The Morgan fingerprint density at radius 2 is 2.05 bits per heavy atom. The van der Waals surface area contributed by atoms with Crippen molar-refractivity contribution in [3.63, 3.8) is 0 Å². The third kappa shape index (κ3) is 3.27. The number of halogens is 2. The highest BCUT2D eigenvalue weighted by atomic mass is 35.5. The van der Waals surface area contributed by atoms with E-state index in [0.29, 0.717) is 0 Å². The van der Waals surface area contributed by atoms with Crippen molar-refractivity contribution in [2.45, 2.75) is 4.90 Å². The molecule has 0 aromatic carbocycles. The Kier molecular flexibility index (Phi) is 4.26. The number of sulfonamides is 1. The Morgan fingerprint density at radius 1 is 1.30 bits per heavy atom. The van der Waals surface area contributed by atoms with Crippen molar-refractivity contribution in [3.05, 3.63) is 34.7 Å². The maximum Gasteiger partial charge on any atom is 0.267 e. The summed E-state index contributed by atoms with van der Waals surface area (Å²) in [5.74, 6) is -0.103. The van der Waals surface area contributed by atoms with Gasteiger partial charge in [0.05, 0.1) is 12.1 Å². The first-order valence-corrected chi connectivity index (χ1v) is 7.37. The number of rotatable bonds is 4. The fourth-order valence-corrected chi connectivity index (χ4v) is 2.83. The lowest BCUT2D eigenvalue weighted by Crippen LogP contribution is -2.16. The summed E-state index contributed by atoms with van der Waals surface area (Å²) in [5, 5.41) is 0.0633. The normalized spacial score (nSPS) is 11.2. The molecule has 106 valence electrons. The molecule has 0 spiro atoms. The first kappa shape index (κ1) is 14.8. The van der Waals surface area contributed by atoms with Crippen LogP contribution in [0.5, 0.6) is 5.88 Å². The van der Waals surface area contributed by atoms with E-state index in [-0.39, 0.29) is 26.9 Å². The summed E-state index contributed by atoms with van der Waals surface area (Å²) in [7, 11) is -2.60. The summed E-state index contributed by atoms with van der Waals surface area (Å²) >= 11 is 11.5. The number of hydrogen-bond donors (Lipinski definition) is 1. The molecule has 20 heavy (non-hydrogen) atoms. The predicted molar refractivity (Wildman–Crippen MR) is 73.6 cm³/mol. The van der Waals surface area contributed by atoms with Gasteiger partial charge in [0.1, 0.15) is 10.0 Å². The topological polar surface area (TPSA) is 94.1 Å². The fraction of sp³-hybridized carbons (Fsp3) is 0.100. The van der Waals surface area contributed by atoms with Crippen molar-refractivity contribution >= 4 is 39.2 Å². The Balaban J connectivity index is 2.38. The van der Waals surface area contributed by atoms with Gasteiger partial charge in [-0.15, -0.1) is 0 Å². The summed E-state index contributed by atoms with van der Waals surface area (Å²) in [6.07, 6.45) is 2.49. The summed E-state index contributed by atoms with van der Waals surface area (Å²) < 4.78 is 31.3. The van der Waals surface area contributed by atoms with Crippen molar-refractivity contribution in [1.82, 2.24) is 15.0 Å². The predicted octanol–water partition coefficient (Wildman–Crippen LogP) is 1.99. The van der Waals surface area contributed by atoms with Gasteiger partial charge in [0.15, 0.2) is 0 Å². The zero-order valence-corrected chi connectivity index (χ0v) is 12.4. The van der Waals surface area contributed by atoms with Gasteiger partial charge in [0, 0.05) is 18.5 Å². The molecule has 2 aromatic heterocycles. The lowest BCUT2D eigenvalue weighted by atomic mass is 10.5. The van der Waals surface area contributed by atoms with Crippen molar-refractivity contribution in [1.29, 1.82) is 0 Å². The van der Waals surface area contributed by atoms with Crippen LogP contribution in [0.1, 0.15) is 0 Å². The number of aromatic nitrogens is 3. The number of hydrogen-bond acceptors (Lipinski definition) is 6. The monoisotopic (exact) mass is 334 g/mol. The molecule has 0 unspecified atom stereocenters. The average Bonchev–Trinajstić information content (AvgIpc) is 2.37. The van der Waals surface area contributed by atoms with Crippen molar-refractivity contribution < 1.29 is 13.2 Å². The minimum Gasteiger partial charge on any atom is -0.481 e. The van der Waals surface area contributed by atoms with E-state index in [9.17, 15) is 8.42 Å². The maximum atomic E-state index is 12.1. The molecule has 0 bridgehead atoms. The van der Waals surface area contributed by atoms with Crippen LogP contribution in [-0.2, 0) is 10.0 Å². The molecule has 0 saturated carbocycles. The first-order valence-electron chi connectivity index (χ1n) is 5.13. The molecule has 0 fully saturated rings. The van der Waals surface area contributed by atoms with Crippen LogP contribution in [0.2, 0.25) is 10.2 Å². The number of pyridine rings is 1. The second-order valence-electron chi connectivity index (χ2n) is 3.47. The Morgan fingerprint density at radius 3 is 2.70 bits per heavy atom. The zero-order valence-electron chi connectivity index (χ0n) is 10.0. The largest absolute Gasteiger partial charge is 0.481 e. The summed E-state index contributed by atoms with van der Waals surface area (Å²) in [5.41, 5.74) is 0. The zero-order chi connectivity index (χ0) is 14.8. The molecule has 2 rings (SSSR count). The highest BCUT2D eigenvalue weighted by Gasteiger charge is 2.20. The van der Waals surface area contributed by atoms with Gasteiger partial charge in [-0.25, -0.2) is 18.1 Å². The molecule has 0 saturated heterocycles. The van der Waals surface area contributed by atoms with Crippen LogP contribution in [0.15, 0.2) is 29.4 Å². The van der Waals surface area contributed by atoms with E-state index in [1.54, 1.807) is 0 Å². The van der Waals surface area contributed by atoms with Crippen LogP contribution in [0.4, 0.5) is 5.95 Å². The lowest BCUT2D eigenvalue weighted by Gasteiger charge is -2.08. The third-order valence-electron chi connectivity index (χ3n) is 2.13. The lowest BCUT2D eigenvalue weighted by molar-refractivity contribution is 0.397. The third-order valence-corrected chi connectivity index (χ3v) is 4.12. The van der Waals surface area contributed by atoms with Gasteiger partial charge in [0.2, 0.25) is 11.8 Å². The molecular formula is C10H8Cl2N4O3S. The minimum atomic E-state index is -3.97. The van der Waals surface area contributed by atoms with E-state index in [2.05, 4.69) is 19.7 Å². The van der Waals surface area contributed by atoms with E-state index in [1.807, 2.05) is 0 Å². The molecule has 2 aromatic rings. The van der Waals surface area contributed by atoms with Crippen LogP contribution in [0.25, 0.3) is 0 Å². The number of anilines is 1. The molecule has 7 nitrogen and oxygen atoms in total. The van der Waals surface area contributed by atoms with E-state index >= 15 is 0 Å². The standard InChI is InChI=1S/C10H8Cl2N4O3S/c1-19-9-4-8(12)14-10(15-9)16-20(17,18)7-5-13-3-2-6(7)11/h2-5H,1H3,(H,14,15,16). The molecule has 2 heterocycles. The van der Waals surface area contributed by atoms with Gasteiger partial charge in [0.25, 0.3) is 10.0 Å². The first-order chi connectivity index (χ1) is 9.42. The smallest absolute Gasteiger partial charge is 0.267 e. The Hall–Kier alpha value is -1.64. The molecule has 0 aliphatic rings. The second kappa shape index (κ2) is 5.78. The second-order valence-corrected chi connectivity index (χ2v) is 5.91. The van der Waals surface area contributed by atoms with E-state index in [4.69, 9.17) is 27.9 Å². The summed E-state index contributed by atoms with van der Waals surface area (Å²) in [6, 6.07) is 2.70. The number of methoxy groups -OCH3 is 1. The van der Waals surface area contributed by atoms with E-state index in [0.717, 1.165) is 6.20 Å². The van der Waals surface area contributed by atoms with Crippen LogP contribution in [0.3, 0.4) is 0 Å². The van der Waals surface area contributed by atoms with Crippen LogP contribution < -0.4 is 9.46 Å². The fourth-order valence-electron chi connectivity index (χ4n) is 1.28. The molecule has 0 amide bonds. The van der Waals surface area contributed by atoms with Gasteiger partial charge in [-0.3, -0.25) is 4.98 Å². The highest BCUT2D eigenvalue weighted by molar-refractivity contribution is 7.92. The average molecular weight is 335 g/mol. The van der Waals surface area contributed by atoms with Gasteiger partial charge < -0.3 is 4.74 Å². The maximum absolute atomic E-state index is 12.1. The molecule has 0 aliphatic carbocycles. The van der Waals surface area contributed by atoms with Crippen LogP contribution >= 0.6 is 23.2 Å². The molecule has 1 N–H and O–H groups in total. The van der Waals surface area contributed by atoms with Gasteiger partial charge in [-0.2, -0.15) is 4.98 Å². The Labute approximate surface area is 125 Å². The van der Waals surface area contributed by atoms with E-state index in [1.165, 1.54) is 25.4 Å². The molecule has 0 atom stereocenters. The van der Waals surface area contributed by atoms with E-state index < -0.39 is 10.0 Å². The molecule has 0 radical (unpaired) electrons. The SMILES string of the molecule is COc1cc(Cl)nc(NS(=O)(=O)c2cnccc2Cl)n1. The Bertz CT molecular complexity index is 739. The summed E-state index contributed by atoms with van der Waals surface area (Å²) in [6.45, 7) is 0. The van der Waals surface area contributed by atoms with Gasteiger partial charge in [-0.1, -0.05) is 23.2 Å². The van der Waals surface area contributed by atoms with Gasteiger partial charge >= 0.3 is 0 Å². The quantitative estimate of drug-likeness (QED) is 0.859. The highest BCUT2D eigenvalue weighted by Crippen LogP contribution is 2.22.